The number of ether oxygens (including phenoxy) is 1. The molecular weight excluding hydrogens is 451 g/mol. The summed E-state index contributed by atoms with van der Waals surface area (Å²) in [6.45, 7) is 4.24. The number of piperazine rings is 1. The van der Waals surface area contributed by atoms with Gasteiger partial charge in [0.1, 0.15) is 35.8 Å². The van der Waals surface area contributed by atoms with Crippen molar-refractivity contribution in [1.82, 2.24) is 34.5 Å². The Bertz CT molecular complexity index is 1210. The van der Waals surface area contributed by atoms with E-state index in [1.54, 1.807) is 29.0 Å². The number of nitrogens with one attached hydrogen (secondary N) is 1. The summed E-state index contributed by atoms with van der Waals surface area (Å²) in [5.74, 6) is 0.956. The maximum Gasteiger partial charge on any atom is 0.408 e. The number of carbonyl (C=O) groups excluding carboxylic acids is 1. The molecule has 12 heteroatoms. The summed E-state index contributed by atoms with van der Waals surface area (Å²) in [5, 5.41) is 7.13. The normalized spacial score (nSPS) is 20.3. The first kappa shape index (κ1) is 22.4. The lowest BCUT2D eigenvalue weighted by molar-refractivity contribution is -0.142. The molecule has 2 aromatic heterocycles. The number of hydrogen-bond donors (Lipinski definition) is 1. The molecule has 2 atom stereocenters. The fourth-order valence-electron chi connectivity index (χ4n) is 4.62. The molecule has 2 aliphatic heterocycles. The molecule has 3 aromatic rings. The van der Waals surface area contributed by atoms with Crippen molar-refractivity contribution in [2.45, 2.75) is 45.1 Å². The van der Waals surface area contributed by atoms with Crippen LogP contribution in [0.25, 0.3) is 17.2 Å². The number of carbonyl (C=O) groups is 1. The van der Waals surface area contributed by atoms with Gasteiger partial charge in [-0.25, -0.2) is 14.6 Å². The third kappa shape index (κ3) is 4.25. The molecule has 1 amide bonds. The van der Waals surface area contributed by atoms with Crippen LogP contribution in [-0.2, 0) is 13.0 Å². The Kier molecular flexibility index (Phi) is 5.54. The number of amides is 1. The fraction of sp³-hybridized carbons (Fsp3) is 0.455. The lowest BCUT2D eigenvalue weighted by Crippen LogP contribution is -2.55. The van der Waals surface area contributed by atoms with E-state index < -0.39 is 12.7 Å². The zero-order chi connectivity index (χ0) is 24.0. The quantitative estimate of drug-likeness (QED) is 0.626. The molecule has 1 fully saturated rings. The van der Waals surface area contributed by atoms with E-state index in [4.69, 9.17) is 4.74 Å². The predicted molar refractivity (Wildman–Crippen MR) is 116 cm³/mol. The van der Waals surface area contributed by atoms with E-state index in [9.17, 15) is 18.0 Å². The Morgan fingerprint density at radius 2 is 2.00 bits per heavy atom. The van der Waals surface area contributed by atoms with Crippen molar-refractivity contribution in [1.29, 1.82) is 0 Å². The molecule has 0 spiro atoms. The number of nitrogens with zero attached hydrogens (tertiary/aromatic N) is 6. The molecule has 0 unspecified atom stereocenters. The van der Waals surface area contributed by atoms with Gasteiger partial charge in [0.05, 0.1) is 12.2 Å². The molecule has 0 radical (unpaired) electrons. The third-order valence-corrected chi connectivity index (χ3v) is 5.85. The van der Waals surface area contributed by atoms with Gasteiger partial charge in [0, 0.05) is 37.8 Å². The Balaban J connectivity index is 1.57. The number of rotatable bonds is 3. The minimum atomic E-state index is -4.45. The summed E-state index contributed by atoms with van der Waals surface area (Å²) < 4.78 is 47.4. The van der Waals surface area contributed by atoms with Crippen molar-refractivity contribution in [2.24, 2.45) is 0 Å². The largest absolute Gasteiger partial charge is 0.491 e. The van der Waals surface area contributed by atoms with Crippen molar-refractivity contribution in [3.8, 4) is 23.0 Å². The number of benzene rings is 1. The van der Waals surface area contributed by atoms with Crippen LogP contribution in [0, 0.1) is 0 Å². The van der Waals surface area contributed by atoms with Crippen molar-refractivity contribution >= 4 is 5.91 Å². The molecule has 2 aliphatic rings. The first-order valence-electron chi connectivity index (χ1n) is 11.0. The van der Waals surface area contributed by atoms with Crippen LogP contribution in [0.4, 0.5) is 13.2 Å². The Labute approximate surface area is 193 Å². The van der Waals surface area contributed by atoms with Gasteiger partial charge in [-0.05, 0) is 26.0 Å². The zero-order valence-electron chi connectivity index (χ0n) is 18.7. The minimum absolute atomic E-state index is 0.00827. The van der Waals surface area contributed by atoms with E-state index in [1.807, 2.05) is 18.7 Å². The number of aromatic nitrogens is 5. The van der Waals surface area contributed by atoms with E-state index in [-0.39, 0.29) is 29.5 Å². The number of fused-ring (bicyclic) bond motifs is 3. The lowest BCUT2D eigenvalue weighted by atomic mass is 10.1. The Hall–Kier alpha value is -3.41. The highest BCUT2D eigenvalue weighted by molar-refractivity contribution is 5.99. The summed E-state index contributed by atoms with van der Waals surface area (Å²) in [4.78, 5) is 23.9. The van der Waals surface area contributed by atoms with Gasteiger partial charge in [-0.1, -0.05) is 6.07 Å². The monoisotopic (exact) mass is 475 g/mol. The standard InChI is InChI=1S/C22H24F3N7O2/c1-13-8-30(9-14(2)28-13)21(33)15-4-3-5-17-19(15)31-10-16(29-18(31)6-7-34-17)20-26-12-27-32(20)11-22(23,24)25/h3-5,10,12-14,28H,6-9,11H2,1-2H3/t13-,14+. The molecule has 0 aliphatic carbocycles. The third-order valence-electron chi connectivity index (χ3n) is 5.85. The van der Waals surface area contributed by atoms with Gasteiger partial charge in [-0.2, -0.15) is 18.3 Å². The average molecular weight is 475 g/mol. The molecule has 34 heavy (non-hydrogen) atoms. The molecule has 0 saturated carbocycles. The lowest BCUT2D eigenvalue weighted by Gasteiger charge is -2.36. The number of imidazole rings is 1. The first-order valence-corrected chi connectivity index (χ1v) is 11.0. The highest BCUT2D eigenvalue weighted by Gasteiger charge is 2.32. The molecular formula is C22H24F3N7O2. The predicted octanol–water partition coefficient (Wildman–Crippen LogP) is 2.45. The first-order chi connectivity index (χ1) is 16.2. The molecule has 1 saturated heterocycles. The SMILES string of the molecule is C[C@@H]1CN(C(=O)c2cccc3c2-n2cc(-c4ncnn4CC(F)(F)F)nc2CCO3)C[C@H](C)N1. The van der Waals surface area contributed by atoms with Gasteiger partial charge < -0.3 is 15.0 Å². The summed E-state index contributed by atoms with van der Waals surface area (Å²) in [5.41, 5.74) is 1.22. The molecule has 0 bridgehead atoms. The summed E-state index contributed by atoms with van der Waals surface area (Å²) >= 11 is 0. The van der Waals surface area contributed by atoms with Crippen LogP contribution in [-0.4, -0.2) is 73.1 Å². The smallest absolute Gasteiger partial charge is 0.408 e. The minimum Gasteiger partial charge on any atom is -0.491 e. The van der Waals surface area contributed by atoms with Crippen LogP contribution in [0.15, 0.2) is 30.7 Å². The van der Waals surface area contributed by atoms with Crippen LogP contribution in [0.5, 0.6) is 5.75 Å². The summed E-state index contributed by atoms with van der Waals surface area (Å²) in [6.07, 6.45) is -1.36. The average Bonchev–Trinajstić information content (AvgIpc) is 3.34. The molecule has 4 heterocycles. The van der Waals surface area contributed by atoms with Crippen molar-refractivity contribution in [3.05, 3.63) is 42.1 Å². The molecule has 1 N–H and O–H groups in total. The molecule has 9 nitrogen and oxygen atoms in total. The molecule has 5 rings (SSSR count). The molecule has 180 valence electrons. The highest BCUT2D eigenvalue weighted by Crippen LogP contribution is 2.33. The number of halogens is 3. The summed E-state index contributed by atoms with van der Waals surface area (Å²) in [6, 6.07) is 5.59. The molecule has 1 aromatic carbocycles. The van der Waals surface area contributed by atoms with Crippen molar-refractivity contribution in [2.75, 3.05) is 19.7 Å². The van der Waals surface area contributed by atoms with Crippen molar-refractivity contribution < 1.29 is 22.7 Å². The number of alkyl halides is 3. The van der Waals surface area contributed by atoms with E-state index in [1.165, 1.54) is 0 Å². The number of para-hydroxylation sites is 1. The summed E-state index contributed by atoms with van der Waals surface area (Å²) in [7, 11) is 0. The van der Waals surface area contributed by atoms with Gasteiger partial charge in [-0.15, -0.1) is 0 Å². The van der Waals surface area contributed by atoms with Crippen LogP contribution < -0.4 is 10.1 Å². The van der Waals surface area contributed by atoms with Gasteiger partial charge >= 0.3 is 6.18 Å². The number of hydrogen-bond acceptors (Lipinski definition) is 6. The highest BCUT2D eigenvalue weighted by atomic mass is 19.4. The van der Waals surface area contributed by atoms with E-state index in [0.29, 0.717) is 48.9 Å². The maximum atomic E-state index is 13.6. The van der Waals surface area contributed by atoms with E-state index >= 15 is 0 Å². The van der Waals surface area contributed by atoms with Crippen LogP contribution in [0.2, 0.25) is 0 Å². The topological polar surface area (TPSA) is 90.1 Å². The second-order valence-corrected chi connectivity index (χ2v) is 8.70. The fourth-order valence-corrected chi connectivity index (χ4v) is 4.62. The van der Waals surface area contributed by atoms with Gasteiger partial charge in [0.25, 0.3) is 5.91 Å². The van der Waals surface area contributed by atoms with Crippen molar-refractivity contribution in [3.63, 3.8) is 0 Å². The van der Waals surface area contributed by atoms with Gasteiger partial charge in [0.15, 0.2) is 5.82 Å². The Morgan fingerprint density at radius 3 is 2.74 bits per heavy atom. The maximum absolute atomic E-state index is 13.6. The van der Waals surface area contributed by atoms with Crippen LogP contribution >= 0.6 is 0 Å². The van der Waals surface area contributed by atoms with Gasteiger partial charge in [0.2, 0.25) is 0 Å². The van der Waals surface area contributed by atoms with Crippen LogP contribution in [0.3, 0.4) is 0 Å². The zero-order valence-corrected chi connectivity index (χ0v) is 18.7. The van der Waals surface area contributed by atoms with Gasteiger partial charge in [-0.3, -0.25) is 9.36 Å². The van der Waals surface area contributed by atoms with E-state index in [2.05, 4.69) is 20.4 Å². The Morgan fingerprint density at radius 1 is 1.24 bits per heavy atom. The second kappa shape index (κ2) is 8.42. The van der Waals surface area contributed by atoms with Crippen LogP contribution in [0.1, 0.15) is 30.0 Å². The second-order valence-electron chi connectivity index (χ2n) is 8.70. The van der Waals surface area contributed by atoms with E-state index in [0.717, 1.165) is 11.0 Å².